The van der Waals surface area contributed by atoms with Crippen LogP contribution in [0.5, 0.6) is 0 Å². The minimum absolute atomic E-state index is 0.0412. The highest BCUT2D eigenvalue weighted by molar-refractivity contribution is 5.80. The fraction of sp³-hybridized carbons (Fsp3) is 0.750. The zero-order valence-corrected chi connectivity index (χ0v) is 26.9. The molecule has 0 spiro atoms. The molecule has 1 saturated heterocycles. The van der Waals surface area contributed by atoms with E-state index in [4.69, 9.17) is 33.2 Å². The Kier molecular flexibility index (Phi) is 18.4. The standard InChI is InChI=1S/C32H51F2NO10/c1-5-8-16-40-21-25-26(41-17-9-6-2)27(42-18-10-7-3)28(44-22-39-4)29(45-25)32(33,34)19-24(30(36)37)35-31(38)43-20-23-14-12-11-13-15-23/h11-15,24-29H,5-10,16-22H2,1-4H3,(H,35,38)(H,36,37)/t24?,25-,26+,27+,28-,29+/m1/s1. The Morgan fingerprint density at radius 1 is 0.933 bits per heavy atom. The Bertz CT molecular complexity index is 957. The second-order valence-corrected chi connectivity index (χ2v) is 11.0. The number of methoxy groups -OCH3 is 1. The molecular formula is C32H51F2NO10. The van der Waals surface area contributed by atoms with Gasteiger partial charge in [-0.25, -0.2) is 18.4 Å². The first-order chi connectivity index (χ1) is 21.7. The molecule has 1 heterocycles. The number of alkyl halides is 2. The number of alkyl carbamates (subject to hydrolysis) is 1. The summed E-state index contributed by atoms with van der Waals surface area (Å²) in [7, 11) is 1.36. The van der Waals surface area contributed by atoms with E-state index in [1.54, 1.807) is 30.3 Å². The van der Waals surface area contributed by atoms with E-state index >= 15 is 8.78 Å². The predicted molar refractivity (Wildman–Crippen MR) is 161 cm³/mol. The maximum atomic E-state index is 16.3. The average Bonchev–Trinajstić information content (AvgIpc) is 3.02. The molecule has 0 saturated carbocycles. The van der Waals surface area contributed by atoms with E-state index in [-0.39, 0.29) is 26.6 Å². The number of hydrogen-bond donors (Lipinski definition) is 2. The first-order valence-corrected chi connectivity index (χ1v) is 15.8. The lowest BCUT2D eigenvalue weighted by molar-refractivity contribution is -0.314. The van der Waals surface area contributed by atoms with E-state index in [0.29, 0.717) is 25.2 Å². The molecule has 0 aliphatic carbocycles. The van der Waals surface area contributed by atoms with Crippen LogP contribution in [0.1, 0.15) is 71.3 Å². The fourth-order valence-electron chi connectivity index (χ4n) is 4.78. The van der Waals surface area contributed by atoms with E-state index in [2.05, 4.69) is 5.32 Å². The lowest BCUT2D eigenvalue weighted by atomic mass is 9.88. The molecule has 1 aromatic rings. The van der Waals surface area contributed by atoms with Gasteiger partial charge in [-0.05, 0) is 24.8 Å². The highest BCUT2D eigenvalue weighted by Gasteiger charge is 2.58. The molecule has 45 heavy (non-hydrogen) atoms. The molecule has 2 N–H and O–H groups in total. The largest absolute Gasteiger partial charge is 0.480 e. The molecule has 1 fully saturated rings. The van der Waals surface area contributed by atoms with Crippen LogP contribution in [-0.2, 0) is 44.6 Å². The summed E-state index contributed by atoms with van der Waals surface area (Å²) in [6.07, 6.45) is -3.85. The minimum atomic E-state index is -3.82. The summed E-state index contributed by atoms with van der Waals surface area (Å²) in [6.45, 7) is 6.45. The van der Waals surface area contributed by atoms with Gasteiger partial charge in [0.05, 0.1) is 6.61 Å². The fourth-order valence-corrected chi connectivity index (χ4v) is 4.78. The van der Waals surface area contributed by atoms with Gasteiger partial charge in [0.1, 0.15) is 43.9 Å². The Morgan fingerprint density at radius 2 is 1.56 bits per heavy atom. The van der Waals surface area contributed by atoms with E-state index in [9.17, 15) is 14.7 Å². The van der Waals surface area contributed by atoms with Crippen LogP contribution < -0.4 is 5.32 Å². The van der Waals surface area contributed by atoms with Crippen molar-refractivity contribution < 1.29 is 56.6 Å². The van der Waals surface area contributed by atoms with Gasteiger partial charge in [0, 0.05) is 33.4 Å². The number of carboxylic acids is 1. The minimum Gasteiger partial charge on any atom is -0.480 e. The van der Waals surface area contributed by atoms with Gasteiger partial charge in [-0.3, -0.25) is 0 Å². The monoisotopic (exact) mass is 647 g/mol. The third-order valence-corrected chi connectivity index (χ3v) is 7.25. The van der Waals surface area contributed by atoms with Crippen molar-refractivity contribution in [2.45, 2.75) is 115 Å². The van der Waals surface area contributed by atoms with Gasteiger partial charge in [-0.1, -0.05) is 70.4 Å². The summed E-state index contributed by atoms with van der Waals surface area (Å²) >= 11 is 0. The van der Waals surface area contributed by atoms with E-state index in [1.165, 1.54) is 7.11 Å². The average molecular weight is 648 g/mol. The van der Waals surface area contributed by atoms with Gasteiger partial charge < -0.3 is 43.6 Å². The number of carboxylic acid groups (broad SMARTS) is 1. The Hall–Kier alpha value is -2.42. The van der Waals surface area contributed by atoms with Crippen molar-refractivity contribution >= 4 is 12.1 Å². The quantitative estimate of drug-likeness (QED) is 0.119. The van der Waals surface area contributed by atoms with Crippen LogP contribution in [-0.4, -0.2) is 100.0 Å². The molecule has 2 rings (SSSR count). The van der Waals surface area contributed by atoms with Crippen molar-refractivity contribution in [2.24, 2.45) is 0 Å². The molecule has 6 atom stereocenters. The number of unbranched alkanes of at least 4 members (excludes halogenated alkanes) is 3. The molecular weight excluding hydrogens is 596 g/mol. The van der Waals surface area contributed by atoms with Crippen LogP contribution in [0.15, 0.2) is 30.3 Å². The number of aliphatic carboxylic acids is 1. The smallest absolute Gasteiger partial charge is 0.408 e. The molecule has 0 radical (unpaired) electrons. The molecule has 258 valence electrons. The van der Waals surface area contributed by atoms with Gasteiger partial charge in [-0.15, -0.1) is 0 Å². The highest BCUT2D eigenvalue weighted by Crippen LogP contribution is 2.39. The number of nitrogens with one attached hydrogen (secondary N) is 1. The van der Waals surface area contributed by atoms with E-state index in [1.807, 2.05) is 20.8 Å². The van der Waals surface area contributed by atoms with Gasteiger partial charge in [0.25, 0.3) is 5.92 Å². The number of amides is 1. The van der Waals surface area contributed by atoms with Gasteiger partial charge in [0.2, 0.25) is 0 Å². The highest BCUT2D eigenvalue weighted by atomic mass is 19.3. The zero-order valence-electron chi connectivity index (χ0n) is 26.9. The zero-order chi connectivity index (χ0) is 33.1. The Balaban J connectivity index is 2.34. The van der Waals surface area contributed by atoms with E-state index < -0.39 is 61.0 Å². The summed E-state index contributed by atoms with van der Waals surface area (Å²) in [5.74, 6) is -5.48. The Morgan fingerprint density at radius 3 is 2.16 bits per heavy atom. The molecule has 1 amide bonds. The van der Waals surface area contributed by atoms with Crippen LogP contribution in [0, 0.1) is 0 Å². The summed E-state index contributed by atoms with van der Waals surface area (Å²) in [6, 6.07) is 6.68. The molecule has 1 aliphatic heterocycles. The number of carbonyl (C=O) groups is 2. The van der Waals surface area contributed by atoms with Crippen LogP contribution in [0.25, 0.3) is 0 Å². The van der Waals surface area contributed by atoms with Crippen molar-refractivity contribution in [1.82, 2.24) is 5.32 Å². The maximum absolute atomic E-state index is 16.3. The lowest BCUT2D eigenvalue weighted by Crippen LogP contribution is -2.66. The molecule has 1 aromatic carbocycles. The number of hydrogen-bond acceptors (Lipinski definition) is 9. The van der Waals surface area contributed by atoms with E-state index in [0.717, 1.165) is 32.1 Å². The van der Waals surface area contributed by atoms with Crippen molar-refractivity contribution in [3.8, 4) is 0 Å². The molecule has 13 heteroatoms. The first kappa shape index (κ1) is 38.8. The molecule has 0 aromatic heterocycles. The third kappa shape index (κ3) is 13.5. The van der Waals surface area contributed by atoms with Crippen molar-refractivity contribution in [3.05, 3.63) is 35.9 Å². The number of carbonyl (C=O) groups excluding carboxylic acids is 1. The summed E-state index contributed by atoms with van der Waals surface area (Å²) in [5.41, 5.74) is 0.649. The number of benzene rings is 1. The summed E-state index contributed by atoms with van der Waals surface area (Å²) in [5, 5.41) is 11.8. The molecule has 1 aliphatic rings. The predicted octanol–water partition coefficient (Wildman–Crippen LogP) is 5.34. The molecule has 1 unspecified atom stereocenters. The maximum Gasteiger partial charge on any atom is 0.408 e. The molecule has 11 nitrogen and oxygen atoms in total. The number of rotatable bonds is 23. The van der Waals surface area contributed by atoms with Crippen molar-refractivity contribution in [2.75, 3.05) is 40.3 Å². The summed E-state index contributed by atoms with van der Waals surface area (Å²) in [4.78, 5) is 24.5. The number of halogens is 2. The van der Waals surface area contributed by atoms with Crippen LogP contribution in [0.3, 0.4) is 0 Å². The van der Waals surface area contributed by atoms with Gasteiger partial charge in [0.15, 0.2) is 6.10 Å². The lowest BCUT2D eigenvalue weighted by Gasteiger charge is -2.48. The van der Waals surface area contributed by atoms with Crippen LogP contribution in [0.2, 0.25) is 0 Å². The SMILES string of the molecule is CCCCOC[C@H]1O[C@H](C(F)(F)CC(NC(=O)OCc2ccccc2)C(=O)O)[C@H](OCOC)[C@@H](OCCCC)[C@H]1OCCCC. The topological polar surface area (TPSA) is 131 Å². The van der Waals surface area contributed by atoms with Crippen LogP contribution >= 0.6 is 0 Å². The second-order valence-electron chi connectivity index (χ2n) is 11.0. The van der Waals surface area contributed by atoms with Crippen LogP contribution in [0.4, 0.5) is 13.6 Å². The summed E-state index contributed by atoms with van der Waals surface area (Å²) < 4.78 is 72.6. The van der Waals surface area contributed by atoms with Crippen molar-refractivity contribution in [1.29, 1.82) is 0 Å². The number of ether oxygens (including phenoxy) is 7. The third-order valence-electron chi connectivity index (χ3n) is 7.25. The second kappa shape index (κ2) is 21.4. The Labute approximate surface area is 265 Å². The first-order valence-electron chi connectivity index (χ1n) is 15.8. The van der Waals surface area contributed by atoms with Crippen molar-refractivity contribution in [3.63, 3.8) is 0 Å². The van der Waals surface area contributed by atoms with Gasteiger partial charge in [-0.2, -0.15) is 0 Å². The van der Waals surface area contributed by atoms with Gasteiger partial charge >= 0.3 is 12.1 Å². The molecule has 0 bridgehead atoms. The normalized spacial score (nSPS) is 22.6.